The first kappa shape index (κ1) is 9.25. The number of amides is 1. The molecule has 1 fully saturated rings. The molecule has 1 aromatic carbocycles. The lowest BCUT2D eigenvalue weighted by atomic mass is 10.1. The van der Waals surface area contributed by atoms with Gasteiger partial charge in [-0.1, -0.05) is 30.3 Å². The molecular weight excluding hydrogens is 174 g/mol. The van der Waals surface area contributed by atoms with Crippen molar-refractivity contribution in [2.24, 2.45) is 0 Å². The fourth-order valence-corrected chi connectivity index (χ4v) is 1.82. The first-order chi connectivity index (χ1) is 6.52. The molecule has 0 aromatic heterocycles. The summed E-state index contributed by atoms with van der Waals surface area (Å²) >= 11 is 0. The van der Waals surface area contributed by atoms with Crippen LogP contribution in [-0.2, 0) is 4.79 Å². The summed E-state index contributed by atoms with van der Waals surface area (Å²) in [7, 11) is 0. The van der Waals surface area contributed by atoms with Crippen LogP contribution < -0.4 is 0 Å². The third kappa shape index (κ3) is 1.41. The van der Waals surface area contributed by atoms with Gasteiger partial charge in [0.2, 0.25) is 0 Å². The highest BCUT2D eigenvalue weighted by atomic mass is 16.2. The van der Waals surface area contributed by atoms with Gasteiger partial charge in [-0.2, -0.15) is 0 Å². The molecule has 1 atom stereocenters. The number of hydrogen-bond donors (Lipinski definition) is 0. The van der Waals surface area contributed by atoms with Crippen LogP contribution >= 0.6 is 0 Å². The van der Waals surface area contributed by atoms with Crippen molar-refractivity contribution in [1.29, 1.82) is 0 Å². The number of carbonyl (C=O) groups is 1. The van der Waals surface area contributed by atoms with E-state index in [2.05, 4.69) is 20.8 Å². The van der Waals surface area contributed by atoms with Gasteiger partial charge in [0.15, 0.2) is 0 Å². The number of nitrogens with zero attached hydrogens (tertiary/aromatic N) is 1. The highest BCUT2D eigenvalue weighted by Crippen LogP contribution is 2.42. The number of rotatable bonds is 1. The van der Waals surface area contributed by atoms with E-state index in [1.807, 2.05) is 35.2 Å². The summed E-state index contributed by atoms with van der Waals surface area (Å²) in [6.45, 7) is 6.19. The van der Waals surface area contributed by atoms with Gasteiger partial charge in [0.05, 0.1) is 0 Å². The van der Waals surface area contributed by atoms with Crippen molar-refractivity contribution in [2.75, 3.05) is 0 Å². The van der Waals surface area contributed by atoms with Crippen LogP contribution in [0.5, 0.6) is 0 Å². The second kappa shape index (κ2) is 2.84. The fraction of sp³-hybridized carbons (Fsp3) is 0.417. The smallest absolute Gasteiger partial charge is 0.251 e. The standard InChI is InChI=1S/C12H15NO/c1-12(2,3)13-10(11(13)14)9-7-5-4-6-8-9/h4-8,10H,1-3H3. The summed E-state index contributed by atoms with van der Waals surface area (Å²) in [5.74, 6) is 0.240. The highest BCUT2D eigenvalue weighted by molar-refractivity contribution is 5.98. The molecule has 74 valence electrons. The Hall–Kier alpha value is -1.31. The first-order valence-corrected chi connectivity index (χ1v) is 4.90. The Balaban J connectivity index is 2.22. The Labute approximate surface area is 84.5 Å². The predicted molar refractivity (Wildman–Crippen MR) is 55.8 cm³/mol. The summed E-state index contributed by atoms with van der Waals surface area (Å²) in [5.41, 5.74) is 1.05. The molecule has 2 heteroatoms. The maximum Gasteiger partial charge on any atom is 0.251 e. The highest BCUT2D eigenvalue weighted by Gasteiger charge is 2.52. The van der Waals surface area contributed by atoms with Gasteiger partial charge in [-0.05, 0) is 26.3 Å². The van der Waals surface area contributed by atoms with Crippen molar-refractivity contribution in [1.82, 2.24) is 4.90 Å². The Morgan fingerprint density at radius 2 is 1.71 bits per heavy atom. The molecule has 0 radical (unpaired) electrons. The molecule has 1 amide bonds. The molecule has 0 spiro atoms. The van der Waals surface area contributed by atoms with Crippen LogP contribution in [0.15, 0.2) is 30.3 Å². The Morgan fingerprint density at radius 1 is 1.14 bits per heavy atom. The number of hydrogen-bond acceptors (Lipinski definition) is 1. The molecule has 1 saturated heterocycles. The molecule has 2 rings (SSSR count). The molecule has 2 nitrogen and oxygen atoms in total. The molecule has 1 heterocycles. The van der Waals surface area contributed by atoms with Gasteiger partial charge in [0.1, 0.15) is 6.04 Å². The van der Waals surface area contributed by atoms with Gasteiger partial charge in [-0.15, -0.1) is 0 Å². The van der Waals surface area contributed by atoms with Crippen LogP contribution in [-0.4, -0.2) is 16.3 Å². The summed E-state index contributed by atoms with van der Waals surface area (Å²) in [6.07, 6.45) is 0. The van der Waals surface area contributed by atoms with E-state index in [-0.39, 0.29) is 17.5 Å². The van der Waals surface area contributed by atoms with Crippen molar-refractivity contribution in [3.8, 4) is 0 Å². The third-order valence-electron chi connectivity index (χ3n) is 2.50. The second-order valence-electron chi connectivity index (χ2n) is 4.69. The van der Waals surface area contributed by atoms with Crippen LogP contribution in [0.25, 0.3) is 0 Å². The summed E-state index contributed by atoms with van der Waals surface area (Å²) in [5, 5.41) is 0. The van der Waals surface area contributed by atoms with Crippen molar-refractivity contribution < 1.29 is 4.79 Å². The normalized spacial score (nSPS) is 21.2. The van der Waals surface area contributed by atoms with E-state index in [9.17, 15) is 4.79 Å². The van der Waals surface area contributed by atoms with E-state index in [0.29, 0.717) is 0 Å². The van der Waals surface area contributed by atoms with E-state index in [1.54, 1.807) is 0 Å². The van der Waals surface area contributed by atoms with Crippen molar-refractivity contribution >= 4 is 5.91 Å². The van der Waals surface area contributed by atoms with E-state index >= 15 is 0 Å². The van der Waals surface area contributed by atoms with Gasteiger partial charge in [0, 0.05) is 5.54 Å². The lowest BCUT2D eigenvalue weighted by Gasteiger charge is -2.20. The zero-order valence-corrected chi connectivity index (χ0v) is 8.82. The molecule has 14 heavy (non-hydrogen) atoms. The van der Waals surface area contributed by atoms with Gasteiger partial charge in [-0.25, -0.2) is 0 Å². The van der Waals surface area contributed by atoms with Gasteiger partial charge >= 0.3 is 0 Å². The second-order valence-corrected chi connectivity index (χ2v) is 4.69. The SMILES string of the molecule is CC(C)(C)N1C(=O)C1c1ccccc1. The number of benzene rings is 1. The molecule has 0 N–H and O–H groups in total. The zero-order valence-electron chi connectivity index (χ0n) is 8.82. The van der Waals surface area contributed by atoms with Gasteiger partial charge in [0.25, 0.3) is 5.91 Å². The summed E-state index contributed by atoms with van der Waals surface area (Å²) < 4.78 is 0. The average Bonchev–Trinajstić information content (AvgIpc) is 2.78. The van der Waals surface area contributed by atoms with Gasteiger partial charge < -0.3 is 4.90 Å². The van der Waals surface area contributed by atoms with E-state index in [4.69, 9.17) is 0 Å². The lowest BCUT2D eigenvalue weighted by molar-refractivity contribution is -0.115. The average molecular weight is 189 g/mol. The van der Waals surface area contributed by atoms with Crippen molar-refractivity contribution in [2.45, 2.75) is 32.4 Å². The minimum absolute atomic E-state index is 0.00352. The van der Waals surface area contributed by atoms with Gasteiger partial charge in [-0.3, -0.25) is 4.79 Å². The van der Waals surface area contributed by atoms with E-state index in [1.165, 1.54) is 0 Å². The topological polar surface area (TPSA) is 20.1 Å². The largest absolute Gasteiger partial charge is 0.320 e. The van der Waals surface area contributed by atoms with Crippen LogP contribution in [0.3, 0.4) is 0 Å². The Bertz CT molecular complexity index is 350. The van der Waals surface area contributed by atoms with E-state index < -0.39 is 0 Å². The minimum Gasteiger partial charge on any atom is -0.320 e. The monoisotopic (exact) mass is 189 g/mol. The molecule has 0 saturated carbocycles. The summed E-state index contributed by atoms with van der Waals surface area (Å²) in [4.78, 5) is 13.5. The molecule has 1 unspecified atom stereocenters. The minimum atomic E-state index is -0.0579. The molecule has 0 aliphatic carbocycles. The van der Waals surface area contributed by atoms with Crippen LogP contribution in [0, 0.1) is 0 Å². The quantitative estimate of drug-likeness (QED) is 0.621. The molecule has 0 bridgehead atoms. The van der Waals surface area contributed by atoms with Crippen LogP contribution in [0.1, 0.15) is 32.4 Å². The van der Waals surface area contributed by atoms with Crippen molar-refractivity contribution in [3.05, 3.63) is 35.9 Å². The predicted octanol–water partition coefficient (Wildman–Crippen LogP) is 2.37. The zero-order chi connectivity index (χ0) is 10.3. The Kier molecular flexibility index (Phi) is 1.88. The molecule has 1 aliphatic rings. The maximum atomic E-state index is 11.6. The lowest BCUT2D eigenvalue weighted by Crippen LogP contribution is -2.26. The number of carbonyl (C=O) groups excluding carboxylic acids is 1. The van der Waals surface area contributed by atoms with Crippen LogP contribution in [0.4, 0.5) is 0 Å². The third-order valence-corrected chi connectivity index (χ3v) is 2.50. The molecular formula is C12H15NO. The summed E-state index contributed by atoms with van der Waals surface area (Å²) in [6, 6.07) is 9.93. The fourth-order valence-electron chi connectivity index (χ4n) is 1.82. The molecule has 1 aliphatic heterocycles. The molecule has 1 aromatic rings. The van der Waals surface area contributed by atoms with Crippen LogP contribution in [0.2, 0.25) is 0 Å². The maximum absolute atomic E-state index is 11.6. The van der Waals surface area contributed by atoms with E-state index in [0.717, 1.165) is 5.56 Å². The first-order valence-electron chi connectivity index (χ1n) is 4.90. The Morgan fingerprint density at radius 3 is 2.14 bits per heavy atom. The van der Waals surface area contributed by atoms with Crippen molar-refractivity contribution in [3.63, 3.8) is 0 Å².